The fourth-order valence-corrected chi connectivity index (χ4v) is 1.89. The number of nitrogens with zero attached hydrogens (tertiary/aromatic N) is 3. The third-order valence-corrected chi connectivity index (χ3v) is 2.67. The number of rotatable bonds is 0. The minimum absolute atomic E-state index is 0.0127. The predicted octanol–water partition coefficient (Wildman–Crippen LogP) is 1.19. The fraction of sp³-hybridized carbons (Fsp3) is 0.0909. The summed E-state index contributed by atoms with van der Waals surface area (Å²) < 4.78 is 3.51. The van der Waals surface area contributed by atoms with E-state index in [0.717, 1.165) is 11.0 Å². The summed E-state index contributed by atoms with van der Waals surface area (Å²) in [6, 6.07) is 5.52. The normalized spacial score (nSPS) is 11.3. The van der Waals surface area contributed by atoms with E-state index in [0.29, 0.717) is 5.52 Å². The Morgan fingerprint density at radius 2 is 2.07 bits per heavy atom. The minimum Gasteiger partial charge on any atom is -0.309 e. The summed E-state index contributed by atoms with van der Waals surface area (Å²) >= 11 is 0. The Hall–Kier alpha value is -2.10. The molecule has 0 fully saturated rings. The Labute approximate surface area is 85.4 Å². The molecule has 0 aliphatic heterocycles. The Bertz CT molecular complexity index is 708. The second-order valence-corrected chi connectivity index (χ2v) is 3.49. The summed E-state index contributed by atoms with van der Waals surface area (Å²) in [6.07, 6.45) is 5.33. The predicted molar refractivity (Wildman–Crippen MR) is 57.9 cm³/mol. The van der Waals surface area contributed by atoms with Crippen molar-refractivity contribution < 1.29 is 0 Å². The summed E-state index contributed by atoms with van der Waals surface area (Å²) in [6.45, 7) is 0. The van der Waals surface area contributed by atoms with Gasteiger partial charge in [-0.05, 0) is 18.2 Å². The second kappa shape index (κ2) is 2.70. The molecule has 0 unspecified atom stereocenters. The monoisotopic (exact) mass is 199 g/mol. The molecule has 0 aliphatic rings. The van der Waals surface area contributed by atoms with Crippen LogP contribution < -0.4 is 5.56 Å². The zero-order valence-electron chi connectivity index (χ0n) is 8.21. The van der Waals surface area contributed by atoms with Gasteiger partial charge in [0.15, 0.2) is 0 Å². The van der Waals surface area contributed by atoms with E-state index in [1.807, 2.05) is 28.8 Å². The van der Waals surface area contributed by atoms with Crippen molar-refractivity contribution in [3.63, 3.8) is 0 Å². The van der Waals surface area contributed by atoms with Crippen LogP contribution in [0.3, 0.4) is 0 Å². The maximum atomic E-state index is 11.9. The smallest absolute Gasteiger partial charge is 0.275 e. The highest BCUT2D eigenvalue weighted by molar-refractivity contribution is 5.77. The van der Waals surface area contributed by atoms with Crippen LogP contribution in [-0.2, 0) is 7.05 Å². The van der Waals surface area contributed by atoms with Crippen LogP contribution in [0.25, 0.3) is 16.6 Å². The quantitative estimate of drug-likeness (QED) is 0.545. The average molecular weight is 199 g/mol. The Balaban J connectivity index is 2.77. The van der Waals surface area contributed by atoms with Crippen molar-refractivity contribution in [3.8, 4) is 0 Å². The maximum absolute atomic E-state index is 11.9. The number of fused-ring (bicyclic) bond motifs is 3. The molecule has 0 saturated heterocycles. The molecular formula is C11H9N3O. The van der Waals surface area contributed by atoms with E-state index in [9.17, 15) is 4.79 Å². The minimum atomic E-state index is 0.0127. The molecule has 3 heterocycles. The van der Waals surface area contributed by atoms with Gasteiger partial charge in [-0.15, -0.1) is 0 Å². The highest BCUT2D eigenvalue weighted by Crippen LogP contribution is 2.12. The molecule has 0 bridgehead atoms. The van der Waals surface area contributed by atoms with Gasteiger partial charge in [-0.3, -0.25) is 9.78 Å². The van der Waals surface area contributed by atoms with Crippen molar-refractivity contribution in [2.75, 3.05) is 0 Å². The topological polar surface area (TPSA) is 39.3 Å². The van der Waals surface area contributed by atoms with Crippen molar-refractivity contribution in [1.82, 2.24) is 14.0 Å². The first-order valence-corrected chi connectivity index (χ1v) is 4.69. The molecule has 0 saturated carbocycles. The van der Waals surface area contributed by atoms with Crippen LogP contribution in [0.2, 0.25) is 0 Å². The molecule has 15 heavy (non-hydrogen) atoms. The van der Waals surface area contributed by atoms with Gasteiger partial charge in [0.05, 0.1) is 17.2 Å². The summed E-state index contributed by atoms with van der Waals surface area (Å²) in [7, 11) is 1.78. The third-order valence-electron chi connectivity index (χ3n) is 2.67. The van der Waals surface area contributed by atoms with Crippen LogP contribution in [0.15, 0.2) is 41.6 Å². The van der Waals surface area contributed by atoms with Crippen molar-refractivity contribution in [2.45, 2.75) is 0 Å². The number of hydrogen-bond donors (Lipinski definition) is 0. The van der Waals surface area contributed by atoms with Crippen LogP contribution in [0.5, 0.6) is 0 Å². The lowest BCUT2D eigenvalue weighted by atomic mass is 10.3. The van der Waals surface area contributed by atoms with Crippen molar-refractivity contribution in [2.24, 2.45) is 7.05 Å². The summed E-state index contributed by atoms with van der Waals surface area (Å²) in [5, 5.41) is 0. The molecule has 0 radical (unpaired) electrons. The van der Waals surface area contributed by atoms with E-state index in [4.69, 9.17) is 0 Å². The maximum Gasteiger partial charge on any atom is 0.275 e. The number of hydrogen-bond acceptors (Lipinski definition) is 2. The number of pyridine rings is 1. The standard InChI is InChI=1S/C11H9N3O/c1-13-8-4-5-12-7-10(8)14-6-2-3-9(14)11(13)15/h2-7H,1H3. The molecular weight excluding hydrogens is 190 g/mol. The third kappa shape index (κ3) is 0.958. The zero-order valence-corrected chi connectivity index (χ0v) is 8.21. The molecule has 0 spiro atoms. The zero-order chi connectivity index (χ0) is 10.4. The van der Waals surface area contributed by atoms with E-state index < -0.39 is 0 Å². The molecule has 4 heteroatoms. The first-order chi connectivity index (χ1) is 7.29. The molecule has 74 valence electrons. The fourth-order valence-electron chi connectivity index (χ4n) is 1.89. The first kappa shape index (κ1) is 8.23. The summed E-state index contributed by atoms with van der Waals surface area (Å²) in [5.74, 6) is 0. The van der Waals surface area contributed by atoms with Crippen LogP contribution in [0.1, 0.15) is 0 Å². The summed E-state index contributed by atoms with van der Waals surface area (Å²) in [5.41, 5.74) is 2.52. The van der Waals surface area contributed by atoms with Crippen LogP contribution in [0, 0.1) is 0 Å². The van der Waals surface area contributed by atoms with E-state index in [1.165, 1.54) is 0 Å². The van der Waals surface area contributed by atoms with Crippen LogP contribution in [0.4, 0.5) is 0 Å². The van der Waals surface area contributed by atoms with Gasteiger partial charge in [0.2, 0.25) is 0 Å². The molecule has 3 aromatic rings. The van der Waals surface area contributed by atoms with E-state index >= 15 is 0 Å². The molecule has 0 aliphatic carbocycles. The number of aryl methyl sites for hydroxylation is 1. The van der Waals surface area contributed by atoms with Crippen LogP contribution >= 0.6 is 0 Å². The number of aromatic nitrogens is 3. The Morgan fingerprint density at radius 3 is 2.93 bits per heavy atom. The van der Waals surface area contributed by atoms with Gasteiger partial charge < -0.3 is 8.97 Å². The Kier molecular flexibility index (Phi) is 1.48. The SMILES string of the molecule is Cn1c(=O)c2cccn2c2cnccc21. The van der Waals surface area contributed by atoms with E-state index in [-0.39, 0.29) is 5.56 Å². The molecule has 0 aromatic carbocycles. The van der Waals surface area contributed by atoms with Gasteiger partial charge in [-0.25, -0.2) is 0 Å². The largest absolute Gasteiger partial charge is 0.309 e. The average Bonchev–Trinajstić information content (AvgIpc) is 2.75. The highest BCUT2D eigenvalue weighted by atomic mass is 16.1. The van der Waals surface area contributed by atoms with Gasteiger partial charge in [0.25, 0.3) is 5.56 Å². The second-order valence-electron chi connectivity index (χ2n) is 3.49. The van der Waals surface area contributed by atoms with E-state index in [2.05, 4.69) is 4.98 Å². The van der Waals surface area contributed by atoms with E-state index in [1.54, 1.807) is 24.0 Å². The molecule has 0 N–H and O–H groups in total. The molecule has 4 nitrogen and oxygen atoms in total. The summed E-state index contributed by atoms with van der Waals surface area (Å²) in [4.78, 5) is 16.0. The van der Waals surface area contributed by atoms with Crippen molar-refractivity contribution >= 4 is 16.6 Å². The lowest BCUT2D eigenvalue weighted by molar-refractivity contribution is 0.898. The molecule has 3 aromatic heterocycles. The first-order valence-electron chi connectivity index (χ1n) is 4.69. The van der Waals surface area contributed by atoms with Crippen LogP contribution in [-0.4, -0.2) is 14.0 Å². The van der Waals surface area contributed by atoms with Gasteiger partial charge in [0, 0.05) is 19.4 Å². The highest BCUT2D eigenvalue weighted by Gasteiger charge is 2.06. The van der Waals surface area contributed by atoms with Crippen molar-refractivity contribution in [3.05, 3.63) is 47.1 Å². The van der Waals surface area contributed by atoms with Gasteiger partial charge in [-0.2, -0.15) is 0 Å². The Morgan fingerprint density at radius 1 is 1.20 bits per heavy atom. The van der Waals surface area contributed by atoms with Crippen molar-refractivity contribution in [1.29, 1.82) is 0 Å². The molecule has 3 rings (SSSR count). The lowest BCUT2D eigenvalue weighted by Gasteiger charge is -2.06. The van der Waals surface area contributed by atoms with Gasteiger partial charge in [0.1, 0.15) is 5.52 Å². The lowest BCUT2D eigenvalue weighted by Crippen LogP contribution is -2.19. The van der Waals surface area contributed by atoms with Gasteiger partial charge in [-0.1, -0.05) is 0 Å². The molecule has 0 atom stereocenters. The molecule has 0 amide bonds. The van der Waals surface area contributed by atoms with Gasteiger partial charge >= 0.3 is 0 Å².